The van der Waals surface area contributed by atoms with Gasteiger partial charge in [0.2, 0.25) is 5.91 Å². The van der Waals surface area contributed by atoms with Crippen molar-refractivity contribution < 1.29 is 23.1 Å². The molecule has 0 heterocycles. The van der Waals surface area contributed by atoms with Gasteiger partial charge in [-0.3, -0.25) is 9.59 Å². The summed E-state index contributed by atoms with van der Waals surface area (Å²) in [6.45, 7) is 5.35. The number of hydrogen-bond acceptors (Lipinski definition) is 4. The van der Waals surface area contributed by atoms with Crippen molar-refractivity contribution in [1.29, 1.82) is 0 Å². The minimum absolute atomic E-state index is 0.00795. The molecule has 0 spiro atoms. The number of methoxy groups -OCH3 is 1. The summed E-state index contributed by atoms with van der Waals surface area (Å²) in [5, 5.41) is 6.43. The van der Waals surface area contributed by atoms with Gasteiger partial charge in [0.1, 0.15) is 17.4 Å². The number of carbonyl (C=O) groups excluding carboxylic acids is 2. The van der Waals surface area contributed by atoms with E-state index < -0.39 is 11.6 Å². The van der Waals surface area contributed by atoms with Crippen LogP contribution in [0.1, 0.15) is 53.7 Å². The zero-order valence-electron chi connectivity index (χ0n) is 22.2. The Labute approximate surface area is 223 Å². The number of halogens is 2. The van der Waals surface area contributed by atoms with Gasteiger partial charge in [0, 0.05) is 37.1 Å². The summed E-state index contributed by atoms with van der Waals surface area (Å²) < 4.78 is 32.8. The monoisotopic (exact) mass is 522 g/mol. The average molecular weight is 523 g/mol. The van der Waals surface area contributed by atoms with Crippen LogP contribution in [0.4, 0.5) is 8.78 Å². The van der Waals surface area contributed by atoms with Gasteiger partial charge in [0.15, 0.2) is 5.78 Å². The Bertz CT molecular complexity index is 1210. The van der Waals surface area contributed by atoms with Gasteiger partial charge in [-0.05, 0) is 66.3 Å². The zero-order chi connectivity index (χ0) is 27.5. The molecule has 3 aromatic rings. The van der Waals surface area contributed by atoms with E-state index in [2.05, 4.69) is 35.8 Å². The quantitative estimate of drug-likeness (QED) is 0.269. The van der Waals surface area contributed by atoms with E-state index in [-0.39, 0.29) is 42.9 Å². The highest BCUT2D eigenvalue weighted by Crippen LogP contribution is 2.17. The molecule has 0 saturated heterocycles. The number of rotatable bonds is 14. The van der Waals surface area contributed by atoms with Crippen LogP contribution in [0.3, 0.4) is 0 Å². The third-order valence-electron chi connectivity index (χ3n) is 6.58. The highest BCUT2D eigenvalue weighted by Gasteiger charge is 2.21. The lowest BCUT2D eigenvalue weighted by Gasteiger charge is -2.26. The van der Waals surface area contributed by atoms with Crippen molar-refractivity contribution in [3.63, 3.8) is 0 Å². The summed E-state index contributed by atoms with van der Waals surface area (Å²) in [4.78, 5) is 25.4. The molecule has 3 aromatic carbocycles. The first-order valence-corrected chi connectivity index (χ1v) is 13.0. The number of Topliss-reactive ketones (excluding diaryl/α,β-unsaturated/α-hetero) is 1. The maximum absolute atomic E-state index is 13.8. The number of aryl methyl sites for hydroxylation is 1. The van der Waals surface area contributed by atoms with Crippen molar-refractivity contribution in [2.45, 2.75) is 52.1 Å². The third-order valence-corrected chi connectivity index (χ3v) is 6.58. The van der Waals surface area contributed by atoms with Crippen LogP contribution in [-0.4, -0.2) is 31.4 Å². The lowest BCUT2D eigenvalue weighted by atomic mass is 9.94. The van der Waals surface area contributed by atoms with Crippen LogP contribution in [0.25, 0.3) is 0 Å². The number of benzene rings is 3. The van der Waals surface area contributed by atoms with Gasteiger partial charge in [-0.1, -0.05) is 50.2 Å². The lowest BCUT2D eigenvalue weighted by Crippen LogP contribution is -2.44. The molecule has 2 atom stereocenters. The Morgan fingerprint density at radius 2 is 1.61 bits per heavy atom. The van der Waals surface area contributed by atoms with E-state index in [9.17, 15) is 18.4 Å². The van der Waals surface area contributed by atoms with E-state index in [1.54, 1.807) is 24.3 Å². The Kier molecular flexibility index (Phi) is 11.0. The smallest absolute Gasteiger partial charge is 0.220 e. The summed E-state index contributed by atoms with van der Waals surface area (Å²) in [5.41, 5.74) is 3.37. The normalized spacial score (nSPS) is 12.6. The second kappa shape index (κ2) is 14.4. The maximum Gasteiger partial charge on any atom is 0.220 e. The van der Waals surface area contributed by atoms with Gasteiger partial charge in [-0.2, -0.15) is 0 Å². The Morgan fingerprint density at radius 3 is 2.32 bits per heavy atom. The van der Waals surface area contributed by atoms with Crippen LogP contribution >= 0.6 is 0 Å². The number of carbonyl (C=O) groups is 2. The predicted molar refractivity (Wildman–Crippen MR) is 145 cm³/mol. The summed E-state index contributed by atoms with van der Waals surface area (Å²) in [5.74, 6) is -1.23. The molecule has 1 amide bonds. The number of ketones is 1. The molecule has 0 saturated carbocycles. The Hall–Kier alpha value is -3.58. The highest BCUT2D eigenvalue weighted by atomic mass is 19.1. The van der Waals surface area contributed by atoms with Crippen molar-refractivity contribution in [3.05, 3.63) is 101 Å². The van der Waals surface area contributed by atoms with Gasteiger partial charge in [-0.15, -0.1) is 0 Å². The molecule has 0 bridgehead atoms. The first-order chi connectivity index (χ1) is 18.3. The SMILES string of the molecule is CCc1cccc(CNCC(C)C(Cc2cc(F)cc(F)c2)NC(=O)CCC(=O)c2cccc(OC)c2)c1. The van der Waals surface area contributed by atoms with Gasteiger partial charge in [0.05, 0.1) is 7.11 Å². The fourth-order valence-corrected chi connectivity index (χ4v) is 4.37. The zero-order valence-corrected chi connectivity index (χ0v) is 22.2. The lowest BCUT2D eigenvalue weighted by molar-refractivity contribution is -0.122. The number of hydrogen-bond donors (Lipinski definition) is 2. The topological polar surface area (TPSA) is 67.4 Å². The molecule has 0 radical (unpaired) electrons. The van der Waals surface area contributed by atoms with Gasteiger partial charge in [0.25, 0.3) is 0 Å². The van der Waals surface area contributed by atoms with Crippen molar-refractivity contribution in [2.24, 2.45) is 5.92 Å². The second-order valence-corrected chi connectivity index (χ2v) is 9.59. The fourth-order valence-electron chi connectivity index (χ4n) is 4.37. The molecule has 0 aromatic heterocycles. The first-order valence-electron chi connectivity index (χ1n) is 13.0. The van der Waals surface area contributed by atoms with Crippen molar-refractivity contribution >= 4 is 11.7 Å². The predicted octanol–water partition coefficient (Wildman–Crippen LogP) is 5.65. The first kappa shape index (κ1) is 29.0. The molecule has 0 aliphatic rings. The summed E-state index contributed by atoms with van der Waals surface area (Å²) in [6.07, 6.45) is 1.27. The largest absolute Gasteiger partial charge is 0.497 e. The highest BCUT2D eigenvalue weighted by molar-refractivity contribution is 5.98. The van der Waals surface area contributed by atoms with E-state index in [0.29, 0.717) is 30.0 Å². The molecular weight excluding hydrogens is 486 g/mol. The molecule has 2 unspecified atom stereocenters. The standard InChI is InChI=1S/C31H36F2N2O3/c1-4-22-7-5-8-23(13-22)20-34-19-21(2)29(16-24-14-26(32)18-27(33)15-24)35-31(37)12-11-30(36)25-9-6-10-28(17-25)38-3/h5-10,13-15,17-18,21,29,34H,4,11-12,16,19-20H2,1-3H3,(H,35,37). The molecule has 0 aliphatic carbocycles. The fraction of sp³-hybridized carbons (Fsp3) is 0.355. The maximum atomic E-state index is 13.8. The molecule has 3 rings (SSSR count). The molecule has 202 valence electrons. The van der Waals surface area contributed by atoms with Crippen LogP contribution in [-0.2, 0) is 24.2 Å². The van der Waals surface area contributed by atoms with E-state index in [1.165, 1.54) is 30.4 Å². The van der Waals surface area contributed by atoms with Crippen LogP contribution in [0.2, 0.25) is 0 Å². The van der Waals surface area contributed by atoms with Crippen LogP contribution < -0.4 is 15.4 Å². The molecule has 2 N–H and O–H groups in total. The van der Waals surface area contributed by atoms with Crippen LogP contribution in [0, 0.1) is 17.6 Å². The van der Waals surface area contributed by atoms with Gasteiger partial charge < -0.3 is 15.4 Å². The third kappa shape index (κ3) is 9.06. The van der Waals surface area contributed by atoms with Gasteiger partial charge in [-0.25, -0.2) is 8.78 Å². The van der Waals surface area contributed by atoms with Crippen molar-refractivity contribution in [1.82, 2.24) is 10.6 Å². The Balaban J connectivity index is 1.62. The van der Waals surface area contributed by atoms with Crippen molar-refractivity contribution in [3.8, 4) is 5.75 Å². The minimum atomic E-state index is -0.657. The van der Waals surface area contributed by atoms with Crippen LogP contribution in [0.15, 0.2) is 66.7 Å². The summed E-state index contributed by atoms with van der Waals surface area (Å²) in [7, 11) is 1.53. The van der Waals surface area contributed by atoms with E-state index >= 15 is 0 Å². The molecule has 0 aliphatic heterocycles. The number of nitrogens with one attached hydrogen (secondary N) is 2. The van der Waals surface area contributed by atoms with E-state index in [4.69, 9.17) is 4.74 Å². The molecular formula is C31H36F2N2O3. The second-order valence-electron chi connectivity index (χ2n) is 9.59. The molecule has 5 nitrogen and oxygen atoms in total. The molecule has 0 fully saturated rings. The minimum Gasteiger partial charge on any atom is -0.497 e. The molecule has 7 heteroatoms. The number of ether oxygens (including phenoxy) is 1. The van der Waals surface area contributed by atoms with Crippen molar-refractivity contribution in [2.75, 3.05) is 13.7 Å². The van der Waals surface area contributed by atoms with E-state index in [0.717, 1.165) is 12.5 Å². The molecule has 38 heavy (non-hydrogen) atoms. The van der Waals surface area contributed by atoms with E-state index in [1.807, 2.05) is 13.0 Å². The van der Waals surface area contributed by atoms with Crippen LogP contribution in [0.5, 0.6) is 5.75 Å². The van der Waals surface area contributed by atoms with Gasteiger partial charge >= 0.3 is 0 Å². The number of amides is 1. The summed E-state index contributed by atoms with van der Waals surface area (Å²) >= 11 is 0. The Morgan fingerprint density at radius 1 is 0.895 bits per heavy atom. The average Bonchev–Trinajstić information content (AvgIpc) is 2.90. The summed E-state index contributed by atoms with van der Waals surface area (Å²) in [6, 6.07) is 18.2.